The molecule has 132 valence electrons. The highest BCUT2D eigenvalue weighted by Crippen LogP contribution is 2.37. The fraction of sp³-hybridized carbons (Fsp3) is 0.235. The first-order chi connectivity index (χ1) is 11.8. The minimum Gasteiger partial charge on any atom is -0.311 e. The molecule has 0 bridgehead atoms. The van der Waals surface area contributed by atoms with E-state index in [-0.39, 0.29) is 10.8 Å². The van der Waals surface area contributed by atoms with E-state index < -0.39 is 10.0 Å². The van der Waals surface area contributed by atoms with Crippen LogP contribution in [0.15, 0.2) is 56.7 Å². The summed E-state index contributed by atoms with van der Waals surface area (Å²) in [6, 6.07) is 12.0. The predicted octanol–water partition coefficient (Wildman–Crippen LogP) is 3.73. The molecule has 2 aromatic rings. The molecule has 0 spiro atoms. The van der Waals surface area contributed by atoms with Crippen molar-refractivity contribution in [2.75, 3.05) is 28.6 Å². The summed E-state index contributed by atoms with van der Waals surface area (Å²) in [5.41, 5.74) is 1.23. The van der Waals surface area contributed by atoms with Crippen LogP contribution in [0.4, 0.5) is 11.4 Å². The van der Waals surface area contributed by atoms with E-state index in [1.807, 2.05) is 0 Å². The molecule has 0 aliphatic carbocycles. The van der Waals surface area contributed by atoms with E-state index in [2.05, 4.69) is 15.9 Å². The van der Waals surface area contributed by atoms with Gasteiger partial charge in [-0.2, -0.15) is 0 Å². The maximum absolute atomic E-state index is 13.0. The summed E-state index contributed by atoms with van der Waals surface area (Å²) in [5, 5.41) is 0. The summed E-state index contributed by atoms with van der Waals surface area (Å²) in [5.74, 6) is 0.717. The summed E-state index contributed by atoms with van der Waals surface area (Å²) in [6.07, 6.45) is 0. The molecule has 0 aromatic heterocycles. The monoisotopic (exact) mass is 440 g/mol. The van der Waals surface area contributed by atoms with Crippen LogP contribution in [-0.4, -0.2) is 33.7 Å². The first-order valence-electron chi connectivity index (χ1n) is 7.60. The highest BCUT2D eigenvalue weighted by Gasteiger charge is 2.26. The lowest BCUT2D eigenvalue weighted by atomic mass is 10.2. The Balaban J connectivity index is 2.02. The highest BCUT2D eigenvalue weighted by molar-refractivity contribution is 9.10. The molecule has 5 nitrogen and oxygen atoms in total. The Labute approximate surface area is 160 Å². The zero-order valence-corrected chi connectivity index (χ0v) is 17.0. The predicted molar refractivity (Wildman–Crippen MR) is 105 cm³/mol. The number of amides is 1. The molecule has 25 heavy (non-hydrogen) atoms. The molecule has 0 fully saturated rings. The van der Waals surface area contributed by atoms with Crippen LogP contribution in [0.5, 0.6) is 0 Å². The molecular weight excluding hydrogens is 424 g/mol. The van der Waals surface area contributed by atoms with Crippen LogP contribution in [-0.2, 0) is 14.8 Å². The summed E-state index contributed by atoms with van der Waals surface area (Å²) in [4.78, 5) is 14.6. The van der Waals surface area contributed by atoms with Gasteiger partial charge in [0.15, 0.2) is 0 Å². The molecule has 8 heteroatoms. The second kappa shape index (κ2) is 7.01. The van der Waals surface area contributed by atoms with Crippen LogP contribution in [0.3, 0.4) is 0 Å². The van der Waals surface area contributed by atoms with E-state index in [0.29, 0.717) is 17.9 Å². The molecule has 3 rings (SSSR count). The fourth-order valence-corrected chi connectivity index (χ4v) is 5.09. The van der Waals surface area contributed by atoms with Gasteiger partial charge in [-0.15, -0.1) is 11.8 Å². The molecule has 0 saturated carbocycles. The second-order valence-electron chi connectivity index (χ2n) is 5.60. The third-order valence-corrected chi connectivity index (χ3v) is 7.38. The van der Waals surface area contributed by atoms with Gasteiger partial charge in [-0.05, 0) is 42.5 Å². The van der Waals surface area contributed by atoms with Gasteiger partial charge < -0.3 is 4.90 Å². The first-order valence-corrected chi connectivity index (χ1v) is 10.8. The average molecular weight is 441 g/mol. The van der Waals surface area contributed by atoms with Crippen LogP contribution in [0.2, 0.25) is 0 Å². The number of fused-ring (bicyclic) bond motifs is 1. The number of rotatable bonds is 3. The van der Waals surface area contributed by atoms with E-state index in [4.69, 9.17) is 0 Å². The smallest absolute Gasteiger partial charge is 0.264 e. The van der Waals surface area contributed by atoms with E-state index in [0.717, 1.165) is 15.1 Å². The van der Waals surface area contributed by atoms with E-state index >= 15 is 0 Å². The van der Waals surface area contributed by atoms with Crippen molar-refractivity contribution in [2.45, 2.75) is 16.7 Å². The molecule has 0 N–H and O–H groups in total. The van der Waals surface area contributed by atoms with Gasteiger partial charge in [0.1, 0.15) is 0 Å². The summed E-state index contributed by atoms with van der Waals surface area (Å²) in [7, 11) is -2.19. The first kappa shape index (κ1) is 18.3. The number of sulfonamides is 1. The van der Waals surface area contributed by atoms with E-state index in [9.17, 15) is 13.2 Å². The minimum absolute atomic E-state index is 0.0858. The molecule has 1 aliphatic rings. The maximum Gasteiger partial charge on any atom is 0.264 e. The second-order valence-corrected chi connectivity index (χ2v) is 9.62. The number of benzene rings is 2. The Hall–Kier alpha value is -1.51. The van der Waals surface area contributed by atoms with Crippen molar-refractivity contribution in [3.8, 4) is 0 Å². The summed E-state index contributed by atoms with van der Waals surface area (Å²) in [6.45, 7) is 2.08. The molecule has 0 atom stereocenters. The lowest BCUT2D eigenvalue weighted by Gasteiger charge is -2.29. The van der Waals surface area contributed by atoms with Crippen molar-refractivity contribution in [1.29, 1.82) is 0 Å². The largest absolute Gasteiger partial charge is 0.311 e. The Morgan fingerprint density at radius 1 is 1.20 bits per heavy atom. The number of carbonyl (C=O) groups excluding carboxylic acids is 1. The van der Waals surface area contributed by atoms with Gasteiger partial charge in [0.25, 0.3) is 10.0 Å². The Kier molecular flexibility index (Phi) is 5.13. The maximum atomic E-state index is 13.0. The topological polar surface area (TPSA) is 57.7 Å². The molecule has 0 unspecified atom stereocenters. The van der Waals surface area contributed by atoms with Gasteiger partial charge in [-0.3, -0.25) is 9.10 Å². The molecular formula is C17H17BrN2O3S2. The fourth-order valence-electron chi connectivity index (χ4n) is 2.63. The number of thioether (sulfide) groups is 1. The van der Waals surface area contributed by atoms with Crippen LogP contribution in [0, 0.1) is 0 Å². The molecule has 0 radical (unpaired) electrons. The lowest BCUT2D eigenvalue weighted by Crippen LogP contribution is -2.34. The van der Waals surface area contributed by atoms with Crippen molar-refractivity contribution in [1.82, 2.24) is 0 Å². The highest BCUT2D eigenvalue weighted by atomic mass is 79.9. The number of hydrogen-bond donors (Lipinski definition) is 0. The molecule has 2 aromatic carbocycles. The Morgan fingerprint density at radius 2 is 1.88 bits per heavy atom. The third kappa shape index (κ3) is 3.56. The lowest BCUT2D eigenvalue weighted by molar-refractivity contribution is -0.116. The zero-order chi connectivity index (χ0) is 18.2. The summed E-state index contributed by atoms with van der Waals surface area (Å²) >= 11 is 4.97. The number of carbonyl (C=O) groups is 1. The SMILES string of the molecule is CC(=O)N1CCSc2ccc(S(=O)(=O)N(C)c3ccc(Br)cc3)cc21. The van der Waals surface area contributed by atoms with Gasteiger partial charge in [-0.1, -0.05) is 15.9 Å². The molecule has 1 aliphatic heterocycles. The Bertz CT molecular complexity index is 914. The van der Waals surface area contributed by atoms with Crippen molar-refractivity contribution in [3.05, 3.63) is 46.9 Å². The van der Waals surface area contributed by atoms with E-state index in [1.165, 1.54) is 18.3 Å². The number of anilines is 2. The number of nitrogens with zero attached hydrogens (tertiary/aromatic N) is 2. The van der Waals surface area contributed by atoms with Gasteiger partial charge in [0.2, 0.25) is 5.91 Å². The van der Waals surface area contributed by atoms with Crippen LogP contribution >= 0.6 is 27.7 Å². The van der Waals surface area contributed by atoms with Crippen molar-refractivity contribution in [2.24, 2.45) is 0 Å². The average Bonchev–Trinajstić information content (AvgIpc) is 2.60. The van der Waals surface area contributed by atoms with Crippen LogP contribution in [0.25, 0.3) is 0 Å². The third-order valence-electron chi connectivity index (χ3n) is 4.02. The van der Waals surface area contributed by atoms with E-state index in [1.54, 1.807) is 59.1 Å². The van der Waals surface area contributed by atoms with Crippen molar-refractivity contribution < 1.29 is 13.2 Å². The Morgan fingerprint density at radius 3 is 2.52 bits per heavy atom. The minimum atomic E-state index is -3.72. The van der Waals surface area contributed by atoms with Crippen LogP contribution in [0.1, 0.15) is 6.92 Å². The molecule has 0 saturated heterocycles. The van der Waals surface area contributed by atoms with Crippen molar-refractivity contribution in [3.63, 3.8) is 0 Å². The van der Waals surface area contributed by atoms with Gasteiger partial charge in [0.05, 0.1) is 16.3 Å². The normalized spacial score (nSPS) is 14.1. The quantitative estimate of drug-likeness (QED) is 0.729. The van der Waals surface area contributed by atoms with Gasteiger partial charge >= 0.3 is 0 Å². The van der Waals surface area contributed by atoms with Crippen molar-refractivity contribution >= 4 is 55.0 Å². The standard InChI is InChI=1S/C17H17BrN2O3S2/c1-12(21)20-9-10-24-17-8-7-15(11-16(17)20)25(22,23)19(2)14-5-3-13(18)4-6-14/h3-8,11H,9-10H2,1-2H3. The molecule has 1 amide bonds. The van der Waals surface area contributed by atoms with Gasteiger partial charge in [0, 0.05) is 35.6 Å². The van der Waals surface area contributed by atoms with Crippen LogP contribution < -0.4 is 9.21 Å². The number of hydrogen-bond acceptors (Lipinski definition) is 4. The zero-order valence-electron chi connectivity index (χ0n) is 13.8. The van der Waals surface area contributed by atoms with Gasteiger partial charge in [-0.25, -0.2) is 8.42 Å². The molecule has 1 heterocycles. The number of halogens is 1. The summed E-state index contributed by atoms with van der Waals surface area (Å²) < 4.78 is 28.1.